The van der Waals surface area contributed by atoms with Crippen molar-refractivity contribution in [3.8, 4) is 6.07 Å². The highest BCUT2D eigenvalue weighted by atomic mass is 35.5. The summed E-state index contributed by atoms with van der Waals surface area (Å²) in [7, 11) is 0. The summed E-state index contributed by atoms with van der Waals surface area (Å²) in [6, 6.07) is 36.2. The summed E-state index contributed by atoms with van der Waals surface area (Å²) in [4.78, 5) is 14.4. The number of aryl methyl sites for hydroxylation is 2. The van der Waals surface area contributed by atoms with Crippen molar-refractivity contribution < 1.29 is 4.79 Å². The molecule has 6 nitrogen and oxygen atoms in total. The van der Waals surface area contributed by atoms with Gasteiger partial charge in [0.15, 0.2) is 0 Å². The summed E-state index contributed by atoms with van der Waals surface area (Å²) in [5, 5.41) is 30.0. The maximum atomic E-state index is 12.2. The lowest BCUT2D eigenvalue weighted by Crippen LogP contribution is -2.13. The Bertz CT molecular complexity index is 2160. The van der Waals surface area contributed by atoms with Gasteiger partial charge in [0, 0.05) is 29.9 Å². The first-order valence-electron chi connectivity index (χ1n) is 15.5. The van der Waals surface area contributed by atoms with Gasteiger partial charge < -0.3 is 0 Å². The van der Waals surface area contributed by atoms with Crippen LogP contribution in [0.4, 0.5) is 0 Å². The smallest absolute Gasteiger partial charge is 0.143 e. The zero-order valence-corrected chi connectivity index (χ0v) is 32.2. The minimum absolute atomic E-state index is 0.0533. The van der Waals surface area contributed by atoms with E-state index in [0.717, 1.165) is 19.8 Å². The third kappa shape index (κ3) is 10.6. The monoisotopic (exact) mass is 787 g/mol. The zero-order chi connectivity index (χ0) is 36.5. The van der Waals surface area contributed by atoms with Gasteiger partial charge in [-0.2, -0.15) is 15.5 Å². The molecule has 0 saturated carbocycles. The zero-order valence-electron chi connectivity index (χ0n) is 27.5. The maximum Gasteiger partial charge on any atom is 0.143 e. The minimum Gasteiger partial charge on any atom is -0.299 e. The molecule has 2 heterocycles. The number of ketones is 1. The molecule has 0 aliphatic rings. The number of nitrogens with zero attached hydrogens (tertiary/aromatic N) is 5. The average molecular weight is 790 g/mol. The third-order valence-corrected chi connectivity index (χ3v) is 10.5. The molecular formula is C39H29Cl4N5OS2. The van der Waals surface area contributed by atoms with Gasteiger partial charge in [-0.25, -0.2) is 0 Å². The van der Waals surface area contributed by atoms with E-state index < -0.39 is 11.8 Å². The Morgan fingerprint density at radius 2 is 1.06 bits per heavy atom. The van der Waals surface area contributed by atoms with Crippen molar-refractivity contribution in [2.75, 3.05) is 0 Å². The van der Waals surface area contributed by atoms with Crippen molar-refractivity contribution in [2.45, 2.75) is 52.4 Å². The SMILES string of the molecule is CC(=O)C(c1ccc(Sc2ccc(C)cc2)nn1)c1ccc(Cl)cc1Cl.Cc1ccc(Sc2ccc(C(C#N)c3ccc(Cl)cc3Cl)nn2)cc1. The molecule has 2 unspecified atom stereocenters. The lowest BCUT2D eigenvalue weighted by molar-refractivity contribution is -0.117. The molecule has 4 aromatic carbocycles. The van der Waals surface area contributed by atoms with Crippen LogP contribution in [-0.4, -0.2) is 26.2 Å². The Labute approximate surface area is 325 Å². The highest BCUT2D eigenvalue weighted by Crippen LogP contribution is 2.34. The summed E-state index contributed by atoms with van der Waals surface area (Å²) in [5.41, 5.74) is 4.89. The first kappa shape index (κ1) is 38.3. The summed E-state index contributed by atoms with van der Waals surface area (Å²) < 4.78 is 0. The van der Waals surface area contributed by atoms with Gasteiger partial charge >= 0.3 is 0 Å². The Morgan fingerprint density at radius 3 is 1.45 bits per heavy atom. The van der Waals surface area contributed by atoms with Gasteiger partial charge in [0.05, 0.1) is 23.4 Å². The Balaban J connectivity index is 0.000000198. The van der Waals surface area contributed by atoms with Crippen LogP contribution in [0.5, 0.6) is 0 Å². The summed E-state index contributed by atoms with van der Waals surface area (Å²) >= 11 is 27.4. The van der Waals surface area contributed by atoms with Gasteiger partial charge in [-0.05, 0) is 105 Å². The molecule has 12 heteroatoms. The van der Waals surface area contributed by atoms with Crippen molar-refractivity contribution in [3.63, 3.8) is 0 Å². The van der Waals surface area contributed by atoms with Gasteiger partial charge in [0.1, 0.15) is 21.8 Å². The predicted molar refractivity (Wildman–Crippen MR) is 208 cm³/mol. The van der Waals surface area contributed by atoms with E-state index in [1.165, 1.54) is 41.6 Å². The molecule has 0 radical (unpaired) electrons. The van der Waals surface area contributed by atoms with Gasteiger partial charge in [0.2, 0.25) is 0 Å². The fourth-order valence-electron chi connectivity index (χ4n) is 4.88. The van der Waals surface area contributed by atoms with Crippen LogP contribution in [0.3, 0.4) is 0 Å². The van der Waals surface area contributed by atoms with E-state index in [1.807, 2.05) is 62.4 Å². The van der Waals surface area contributed by atoms with Gasteiger partial charge in [-0.3, -0.25) is 4.79 Å². The van der Waals surface area contributed by atoms with E-state index >= 15 is 0 Å². The average Bonchev–Trinajstić information content (AvgIpc) is 3.11. The molecule has 51 heavy (non-hydrogen) atoms. The predicted octanol–water partition coefficient (Wildman–Crippen LogP) is 11.9. The Morgan fingerprint density at radius 1 is 0.608 bits per heavy atom. The molecule has 2 aromatic heterocycles. The van der Waals surface area contributed by atoms with Crippen molar-refractivity contribution in [1.82, 2.24) is 20.4 Å². The van der Waals surface area contributed by atoms with Crippen molar-refractivity contribution in [2.24, 2.45) is 0 Å². The first-order valence-corrected chi connectivity index (χ1v) is 18.6. The van der Waals surface area contributed by atoms with Gasteiger partial charge in [0.25, 0.3) is 0 Å². The van der Waals surface area contributed by atoms with E-state index in [0.29, 0.717) is 42.6 Å². The van der Waals surface area contributed by atoms with E-state index in [-0.39, 0.29) is 5.78 Å². The van der Waals surface area contributed by atoms with Crippen molar-refractivity contribution in [1.29, 1.82) is 5.26 Å². The Kier molecular flexibility index (Phi) is 13.5. The quantitative estimate of drug-likeness (QED) is 0.143. The fraction of sp³-hybridized carbons (Fsp3) is 0.128. The number of halogens is 4. The van der Waals surface area contributed by atoms with Crippen LogP contribution in [0.1, 0.15) is 52.4 Å². The number of carbonyl (C=O) groups is 1. The summed E-state index contributed by atoms with van der Waals surface area (Å²) in [6.07, 6.45) is 0. The van der Waals surface area contributed by atoms with E-state index in [9.17, 15) is 10.1 Å². The van der Waals surface area contributed by atoms with Crippen LogP contribution in [-0.2, 0) is 4.79 Å². The van der Waals surface area contributed by atoms with Crippen LogP contribution >= 0.6 is 69.9 Å². The second-order valence-electron chi connectivity index (χ2n) is 11.4. The van der Waals surface area contributed by atoms with E-state index in [4.69, 9.17) is 46.4 Å². The molecule has 0 aliphatic carbocycles. The number of hydrogen-bond donors (Lipinski definition) is 0. The summed E-state index contributed by atoms with van der Waals surface area (Å²) in [5.74, 6) is -1.20. The topological polar surface area (TPSA) is 92.4 Å². The second kappa shape index (κ2) is 18.0. The lowest BCUT2D eigenvalue weighted by atomic mass is 9.92. The third-order valence-electron chi connectivity index (χ3n) is 7.48. The van der Waals surface area contributed by atoms with Gasteiger partial charge in [-0.15, -0.1) is 10.2 Å². The highest BCUT2D eigenvalue weighted by molar-refractivity contribution is 7.99. The first-order chi connectivity index (χ1) is 24.5. The number of hydrogen-bond acceptors (Lipinski definition) is 8. The number of nitriles is 1. The second-order valence-corrected chi connectivity index (χ2v) is 15.2. The molecular weight excluding hydrogens is 760 g/mol. The highest BCUT2D eigenvalue weighted by Gasteiger charge is 2.24. The van der Waals surface area contributed by atoms with E-state index in [1.54, 1.807) is 36.4 Å². The van der Waals surface area contributed by atoms with Crippen LogP contribution in [0.2, 0.25) is 20.1 Å². The van der Waals surface area contributed by atoms with E-state index in [2.05, 4.69) is 50.7 Å². The standard InChI is InChI=1S/C20H16Cl2N2OS.C19H13Cl2N3S/c1-12-3-6-15(7-4-12)26-19-10-9-18(23-24-19)20(13(2)25)16-8-5-14(21)11-17(16)22;1-12-2-5-14(6-3-12)25-19-9-8-18(23-24-19)16(11-22)15-7-4-13(20)10-17(15)21/h3-11,20H,1-2H3;2-10,16H,1H3. The van der Waals surface area contributed by atoms with Crippen molar-refractivity contribution >= 4 is 75.7 Å². The number of rotatable bonds is 9. The number of Topliss-reactive ketones (excluding diaryl/α,β-unsaturated/α-hetero) is 1. The van der Waals surface area contributed by atoms with Gasteiger partial charge in [-0.1, -0.05) is 117 Å². The van der Waals surface area contributed by atoms with Crippen LogP contribution in [0.15, 0.2) is 129 Å². The minimum atomic E-state index is -0.587. The molecule has 6 aromatic rings. The van der Waals surface area contributed by atoms with Crippen LogP contribution < -0.4 is 0 Å². The number of benzene rings is 4. The molecule has 0 saturated heterocycles. The molecule has 0 bridgehead atoms. The maximum absolute atomic E-state index is 12.2. The fourth-order valence-corrected chi connectivity index (χ4v) is 7.38. The van der Waals surface area contributed by atoms with Crippen LogP contribution in [0, 0.1) is 25.2 Å². The molecule has 0 amide bonds. The lowest BCUT2D eigenvalue weighted by Gasteiger charge is -2.15. The molecule has 0 fully saturated rings. The molecule has 0 aliphatic heterocycles. The molecule has 256 valence electrons. The molecule has 6 rings (SSSR count). The molecule has 0 N–H and O–H groups in total. The largest absolute Gasteiger partial charge is 0.299 e. The van der Waals surface area contributed by atoms with Crippen LogP contribution in [0.25, 0.3) is 0 Å². The molecule has 2 atom stereocenters. The number of carbonyl (C=O) groups excluding carboxylic acids is 1. The van der Waals surface area contributed by atoms with Crippen molar-refractivity contribution in [3.05, 3.63) is 163 Å². The number of aromatic nitrogens is 4. The summed E-state index contributed by atoms with van der Waals surface area (Å²) in [6.45, 7) is 5.62. The Hall–Kier alpha value is -3.94. The molecule has 0 spiro atoms. The normalized spacial score (nSPS) is 11.9.